The highest BCUT2D eigenvalue weighted by Gasteiger charge is 2.23. The fourth-order valence-electron chi connectivity index (χ4n) is 3.27. The van der Waals surface area contributed by atoms with Gasteiger partial charge in [-0.15, -0.1) is 0 Å². The fourth-order valence-corrected chi connectivity index (χ4v) is 4.51. The minimum absolute atomic E-state index is 0.0298. The van der Waals surface area contributed by atoms with E-state index in [9.17, 15) is 13.2 Å². The van der Waals surface area contributed by atoms with Crippen molar-refractivity contribution in [3.05, 3.63) is 83.9 Å². The Morgan fingerprint density at radius 1 is 1.00 bits per heavy atom. The number of ether oxygens (including phenoxy) is 2. The van der Waals surface area contributed by atoms with Crippen LogP contribution in [-0.2, 0) is 10.0 Å². The van der Waals surface area contributed by atoms with Crippen LogP contribution >= 0.6 is 0 Å². The summed E-state index contributed by atoms with van der Waals surface area (Å²) < 4.78 is 38.0. The van der Waals surface area contributed by atoms with Crippen LogP contribution in [0.5, 0.6) is 11.5 Å². The van der Waals surface area contributed by atoms with Crippen molar-refractivity contribution in [2.45, 2.75) is 24.8 Å². The van der Waals surface area contributed by atoms with E-state index in [2.05, 4.69) is 5.32 Å². The van der Waals surface area contributed by atoms with Crippen molar-refractivity contribution < 1.29 is 22.7 Å². The van der Waals surface area contributed by atoms with Gasteiger partial charge in [-0.1, -0.05) is 18.2 Å². The van der Waals surface area contributed by atoms with Crippen molar-refractivity contribution in [1.29, 1.82) is 0 Å². The van der Waals surface area contributed by atoms with Crippen molar-refractivity contribution in [2.75, 3.05) is 25.1 Å². The maximum atomic E-state index is 13.1. The molecule has 1 atom stereocenters. The monoisotopic (exact) mass is 468 g/mol. The number of hydrogen-bond acceptors (Lipinski definition) is 5. The van der Waals surface area contributed by atoms with Gasteiger partial charge in [-0.2, -0.15) is 0 Å². The molecule has 3 rings (SSSR count). The van der Waals surface area contributed by atoms with Crippen LogP contribution in [0.15, 0.2) is 77.7 Å². The van der Waals surface area contributed by atoms with Crippen LogP contribution in [0.1, 0.15) is 35.8 Å². The average Bonchev–Trinajstić information content (AvgIpc) is 2.84. The zero-order chi connectivity index (χ0) is 24.0. The molecule has 7 nitrogen and oxygen atoms in total. The molecule has 0 bridgehead atoms. The summed E-state index contributed by atoms with van der Waals surface area (Å²) in [6.07, 6.45) is 0. The number of benzene rings is 3. The molecule has 0 heterocycles. The topological polar surface area (TPSA) is 84.9 Å². The Kier molecular flexibility index (Phi) is 7.60. The normalized spacial score (nSPS) is 12.0. The second-order valence-corrected chi connectivity index (χ2v) is 9.36. The highest BCUT2D eigenvalue weighted by atomic mass is 32.2. The molecule has 1 unspecified atom stereocenters. The highest BCUT2D eigenvalue weighted by Crippen LogP contribution is 2.25. The third kappa shape index (κ3) is 5.64. The van der Waals surface area contributed by atoms with Crippen molar-refractivity contribution in [3.8, 4) is 11.5 Å². The Morgan fingerprint density at radius 2 is 1.64 bits per heavy atom. The van der Waals surface area contributed by atoms with E-state index >= 15 is 0 Å². The molecule has 0 aliphatic carbocycles. The summed E-state index contributed by atoms with van der Waals surface area (Å²) in [4.78, 5) is 12.9. The summed E-state index contributed by atoms with van der Waals surface area (Å²) in [5.41, 5.74) is 1.65. The van der Waals surface area contributed by atoms with Crippen LogP contribution in [0.4, 0.5) is 5.69 Å². The molecule has 0 saturated carbocycles. The van der Waals surface area contributed by atoms with Gasteiger partial charge in [0.25, 0.3) is 15.9 Å². The SMILES string of the molecule is CCOc1ccc(C(C)NC(=O)c2cccc(S(=O)(=O)N(C)c3ccc(OC)cc3)c2)cc1. The van der Waals surface area contributed by atoms with Crippen LogP contribution in [0.3, 0.4) is 0 Å². The third-order valence-corrected chi connectivity index (χ3v) is 7.01. The lowest BCUT2D eigenvalue weighted by Crippen LogP contribution is -2.28. The predicted molar refractivity (Wildman–Crippen MR) is 129 cm³/mol. The van der Waals surface area contributed by atoms with E-state index in [0.29, 0.717) is 18.0 Å². The van der Waals surface area contributed by atoms with Crippen molar-refractivity contribution in [3.63, 3.8) is 0 Å². The van der Waals surface area contributed by atoms with E-state index in [0.717, 1.165) is 11.3 Å². The van der Waals surface area contributed by atoms with Crippen LogP contribution in [-0.4, -0.2) is 35.1 Å². The number of carbonyl (C=O) groups is 1. The Balaban J connectivity index is 1.76. The maximum absolute atomic E-state index is 13.1. The standard InChI is InChI=1S/C25H28N2O5S/c1-5-32-23-13-9-19(10-14-23)18(2)26-25(28)20-7-6-8-24(17-20)33(29,30)27(3)21-11-15-22(31-4)16-12-21/h6-18H,5H2,1-4H3,(H,26,28). The number of rotatable bonds is 9. The maximum Gasteiger partial charge on any atom is 0.264 e. The average molecular weight is 469 g/mol. The van der Waals surface area contributed by atoms with E-state index in [1.807, 2.05) is 38.1 Å². The molecule has 0 radical (unpaired) electrons. The lowest BCUT2D eigenvalue weighted by Gasteiger charge is -2.20. The molecule has 0 aliphatic rings. The van der Waals surface area contributed by atoms with E-state index in [1.165, 1.54) is 23.5 Å². The number of sulfonamides is 1. The summed E-state index contributed by atoms with van der Waals surface area (Å²) in [7, 11) is -0.845. The molecule has 8 heteroatoms. The first-order chi connectivity index (χ1) is 15.8. The minimum atomic E-state index is -3.86. The van der Waals surface area contributed by atoms with Gasteiger partial charge >= 0.3 is 0 Å². The minimum Gasteiger partial charge on any atom is -0.497 e. The lowest BCUT2D eigenvalue weighted by atomic mass is 10.1. The molecular formula is C25H28N2O5S. The van der Waals surface area contributed by atoms with E-state index < -0.39 is 10.0 Å². The Labute approximate surface area is 195 Å². The summed E-state index contributed by atoms with van der Waals surface area (Å²) in [6.45, 7) is 4.37. The summed E-state index contributed by atoms with van der Waals surface area (Å²) >= 11 is 0. The van der Waals surface area contributed by atoms with Crippen molar-refractivity contribution in [2.24, 2.45) is 0 Å². The number of carbonyl (C=O) groups excluding carboxylic acids is 1. The number of anilines is 1. The first-order valence-corrected chi connectivity index (χ1v) is 12.0. The fraction of sp³-hybridized carbons (Fsp3) is 0.240. The first kappa shape index (κ1) is 24.1. The largest absolute Gasteiger partial charge is 0.497 e. The Morgan fingerprint density at radius 3 is 2.24 bits per heavy atom. The number of methoxy groups -OCH3 is 1. The van der Waals surface area contributed by atoms with Gasteiger partial charge in [-0.3, -0.25) is 9.10 Å². The second kappa shape index (κ2) is 10.4. The van der Waals surface area contributed by atoms with Crippen molar-refractivity contribution in [1.82, 2.24) is 5.32 Å². The molecule has 0 saturated heterocycles. The van der Waals surface area contributed by atoms with Gasteiger partial charge in [0.2, 0.25) is 0 Å². The zero-order valence-electron chi connectivity index (χ0n) is 19.1. The van der Waals surface area contributed by atoms with Crippen LogP contribution in [0, 0.1) is 0 Å². The van der Waals surface area contributed by atoms with Crippen LogP contribution in [0.2, 0.25) is 0 Å². The summed E-state index contributed by atoms with van der Waals surface area (Å²) in [6, 6.07) is 19.9. The number of amides is 1. The van der Waals surface area contributed by atoms with Crippen LogP contribution < -0.4 is 19.1 Å². The Hall–Kier alpha value is -3.52. The third-order valence-electron chi connectivity index (χ3n) is 5.23. The summed E-state index contributed by atoms with van der Waals surface area (Å²) in [5.74, 6) is 1.03. The van der Waals surface area contributed by atoms with Gasteiger partial charge in [0.1, 0.15) is 11.5 Å². The predicted octanol–water partition coefficient (Wildman–Crippen LogP) is 4.41. The van der Waals surface area contributed by atoms with Gasteiger partial charge in [-0.05, 0) is 74.0 Å². The van der Waals surface area contributed by atoms with Gasteiger partial charge < -0.3 is 14.8 Å². The van der Waals surface area contributed by atoms with Crippen molar-refractivity contribution >= 4 is 21.6 Å². The second-order valence-electron chi connectivity index (χ2n) is 7.40. The molecule has 0 spiro atoms. The highest BCUT2D eigenvalue weighted by molar-refractivity contribution is 7.92. The van der Waals surface area contributed by atoms with Gasteiger partial charge in [0, 0.05) is 12.6 Å². The molecule has 0 fully saturated rings. The number of nitrogens with one attached hydrogen (secondary N) is 1. The molecule has 33 heavy (non-hydrogen) atoms. The molecule has 1 amide bonds. The molecule has 0 aromatic heterocycles. The number of hydrogen-bond donors (Lipinski definition) is 1. The molecule has 1 N–H and O–H groups in total. The quantitative estimate of drug-likeness (QED) is 0.503. The van der Waals surface area contributed by atoms with E-state index in [4.69, 9.17) is 9.47 Å². The zero-order valence-corrected chi connectivity index (χ0v) is 19.9. The Bertz CT molecular complexity index is 1190. The van der Waals surface area contributed by atoms with E-state index in [-0.39, 0.29) is 22.4 Å². The van der Waals surface area contributed by atoms with Gasteiger partial charge in [0.05, 0.1) is 30.3 Å². The van der Waals surface area contributed by atoms with Gasteiger partial charge in [-0.25, -0.2) is 8.42 Å². The summed E-state index contributed by atoms with van der Waals surface area (Å²) in [5, 5.41) is 2.91. The molecule has 0 aliphatic heterocycles. The molecule has 174 valence electrons. The first-order valence-electron chi connectivity index (χ1n) is 10.5. The number of nitrogens with zero attached hydrogens (tertiary/aromatic N) is 1. The van der Waals surface area contributed by atoms with Gasteiger partial charge in [0.15, 0.2) is 0 Å². The molecule has 3 aromatic rings. The smallest absolute Gasteiger partial charge is 0.264 e. The molecular weight excluding hydrogens is 440 g/mol. The molecule has 3 aromatic carbocycles. The van der Waals surface area contributed by atoms with Crippen LogP contribution in [0.25, 0.3) is 0 Å². The van der Waals surface area contributed by atoms with E-state index in [1.54, 1.807) is 43.5 Å². The lowest BCUT2D eigenvalue weighted by molar-refractivity contribution is 0.0939.